The molecule has 3 aliphatic heterocycles. The van der Waals surface area contributed by atoms with Crippen molar-refractivity contribution in [1.82, 2.24) is 4.90 Å². The third kappa shape index (κ3) is 4.53. The fourth-order valence-corrected chi connectivity index (χ4v) is 8.06. The molecule has 3 fully saturated rings. The van der Waals surface area contributed by atoms with Crippen molar-refractivity contribution in [3.05, 3.63) is 64.7 Å². The molecule has 1 aromatic carbocycles. The molecule has 5 nitrogen and oxygen atoms in total. The monoisotopic (exact) mass is 529 g/mol. The number of quaternary nitrogens is 2. The summed E-state index contributed by atoms with van der Waals surface area (Å²) in [4.78, 5) is 20.1. The number of H-pyrrole nitrogens is 1. The zero-order valence-electron chi connectivity index (χ0n) is 22.2. The largest absolute Gasteiger partial charge is 0.345 e. The number of aromatic nitrogens is 1. The average molecular weight is 530 g/mol. The number of halogens is 3. The summed E-state index contributed by atoms with van der Waals surface area (Å²) in [7, 11) is 0. The van der Waals surface area contributed by atoms with Gasteiger partial charge < -0.3 is 15.5 Å². The zero-order chi connectivity index (χ0) is 26.5. The van der Waals surface area contributed by atoms with E-state index in [2.05, 4.69) is 34.7 Å². The second-order valence-corrected chi connectivity index (χ2v) is 12.2. The molecule has 2 aromatic rings. The molecule has 1 spiro atoms. The van der Waals surface area contributed by atoms with Crippen LogP contribution in [0.1, 0.15) is 67.0 Å². The van der Waals surface area contributed by atoms with E-state index in [0.29, 0.717) is 37.8 Å². The fourth-order valence-electron chi connectivity index (χ4n) is 8.06. The molecule has 0 unspecified atom stereocenters. The molecule has 2 saturated heterocycles. The predicted octanol–water partition coefficient (Wildman–Crippen LogP) is 2.06. The van der Waals surface area contributed by atoms with Crippen molar-refractivity contribution >= 4 is 5.91 Å². The highest BCUT2D eigenvalue weighted by molar-refractivity contribution is 5.82. The lowest BCUT2D eigenvalue weighted by molar-refractivity contribution is -0.701. The summed E-state index contributed by atoms with van der Waals surface area (Å²) in [5.74, 6) is -2.81. The fraction of sp³-hybridized carbons (Fsp3) is 0.600. The number of aryl methyl sites for hydroxylation is 1. The number of fused-ring (bicyclic) bond motifs is 2. The molecule has 4 atom stereocenters. The van der Waals surface area contributed by atoms with E-state index in [4.69, 9.17) is 0 Å². The van der Waals surface area contributed by atoms with Gasteiger partial charge in [-0.2, -0.15) is 0 Å². The minimum absolute atomic E-state index is 0.00176. The standard InChI is InChI=1S/C30H37F3N4O/c1-19-6-7-23-26(36-19)16-35-18-29(23)17-34-15-24(29)28(38)37-13-10-21(22-4-2-3-5-25(22)31)14-27(37)20-8-11-30(32,33)12-9-20/h2-7,20-21,24,27,34-35H,8-18H2,1H3/p+3/t21-,24+,27+,29-/m1/s1. The van der Waals surface area contributed by atoms with Crippen LogP contribution in [0, 0.1) is 24.6 Å². The summed E-state index contributed by atoms with van der Waals surface area (Å²) in [6.07, 6.45) is 1.92. The Labute approximate surface area is 222 Å². The molecule has 38 heavy (non-hydrogen) atoms. The number of nitrogens with one attached hydrogen (secondary N) is 1. The van der Waals surface area contributed by atoms with Crippen molar-refractivity contribution in [3.8, 4) is 0 Å². The van der Waals surface area contributed by atoms with E-state index in [1.54, 1.807) is 6.07 Å². The number of hydrogen-bond acceptors (Lipinski definition) is 1. The highest BCUT2D eigenvalue weighted by Gasteiger charge is 2.58. The lowest BCUT2D eigenvalue weighted by atomic mass is 9.68. The van der Waals surface area contributed by atoms with Crippen LogP contribution >= 0.6 is 0 Å². The highest BCUT2D eigenvalue weighted by atomic mass is 19.3. The van der Waals surface area contributed by atoms with Crippen LogP contribution in [-0.4, -0.2) is 49.0 Å². The molecular formula is C30H40F3N4O+3. The van der Waals surface area contributed by atoms with Gasteiger partial charge in [0, 0.05) is 44.0 Å². The molecule has 5 N–H and O–H groups in total. The first-order valence-electron chi connectivity index (χ1n) is 14.4. The van der Waals surface area contributed by atoms with Gasteiger partial charge in [0.05, 0.1) is 19.6 Å². The Morgan fingerprint density at radius 1 is 1.05 bits per heavy atom. The molecule has 1 aromatic heterocycles. The van der Waals surface area contributed by atoms with E-state index in [1.807, 2.05) is 17.0 Å². The Kier molecular flexibility index (Phi) is 6.75. The van der Waals surface area contributed by atoms with E-state index in [0.717, 1.165) is 31.9 Å². The molecule has 204 valence electrons. The van der Waals surface area contributed by atoms with Crippen LogP contribution < -0.4 is 15.6 Å². The number of rotatable bonds is 3. The smallest absolute Gasteiger partial charge is 0.248 e. The Bertz CT molecular complexity index is 1200. The van der Waals surface area contributed by atoms with Crippen molar-refractivity contribution in [2.75, 3.05) is 26.2 Å². The normalized spacial score (nSPS) is 31.4. The minimum atomic E-state index is -2.62. The second kappa shape index (κ2) is 9.94. The lowest BCUT2D eigenvalue weighted by Crippen LogP contribution is -2.91. The number of nitrogens with two attached hydrogens (primary N) is 2. The number of benzene rings is 1. The molecule has 4 heterocycles. The van der Waals surface area contributed by atoms with Gasteiger partial charge in [-0.3, -0.25) is 4.79 Å². The molecular weight excluding hydrogens is 489 g/mol. The molecule has 0 bridgehead atoms. The highest BCUT2D eigenvalue weighted by Crippen LogP contribution is 2.45. The van der Waals surface area contributed by atoms with Gasteiger partial charge in [0.1, 0.15) is 17.2 Å². The van der Waals surface area contributed by atoms with Crippen LogP contribution in [-0.2, 0) is 16.8 Å². The zero-order valence-corrected chi connectivity index (χ0v) is 22.2. The Balaban J connectivity index is 1.31. The SMILES string of the molecule is Cc1ccc2c([nH+]1)C[NH2+]C[C@]21C[NH2+]C[C@H]1C(=O)N1CC[C@@H](c2ccccc2F)C[C@H]1C1CCC(F)(F)CC1. The van der Waals surface area contributed by atoms with E-state index in [1.165, 1.54) is 17.3 Å². The van der Waals surface area contributed by atoms with E-state index in [-0.39, 0.29) is 53.8 Å². The van der Waals surface area contributed by atoms with Gasteiger partial charge in [0.15, 0.2) is 12.2 Å². The number of nitrogens with zero attached hydrogens (tertiary/aromatic N) is 1. The first kappa shape index (κ1) is 25.8. The molecule has 8 heteroatoms. The van der Waals surface area contributed by atoms with E-state index in [9.17, 15) is 18.0 Å². The maximum Gasteiger partial charge on any atom is 0.248 e. The maximum absolute atomic E-state index is 14.8. The molecule has 1 aliphatic carbocycles. The Morgan fingerprint density at radius 3 is 2.61 bits per heavy atom. The van der Waals surface area contributed by atoms with Gasteiger partial charge in [-0.25, -0.2) is 18.2 Å². The maximum atomic E-state index is 14.8. The summed E-state index contributed by atoms with van der Waals surface area (Å²) < 4.78 is 43.0. The third-order valence-electron chi connectivity index (χ3n) is 10.0. The number of carbonyl (C=O) groups is 1. The Hall–Kier alpha value is -2.45. The quantitative estimate of drug-likeness (QED) is 0.628. The number of likely N-dealkylation sites (tertiary alicyclic amines) is 1. The minimum Gasteiger partial charge on any atom is -0.345 e. The topological polar surface area (TPSA) is 67.7 Å². The van der Waals surface area contributed by atoms with Crippen molar-refractivity contribution in [1.29, 1.82) is 0 Å². The first-order chi connectivity index (χ1) is 18.3. The lowest BCUT2D eigenvalue weighted by Gasteiger charge is -2.47. The van der Waals surface area contributed by atoms with E-state index < -0.39 is 5.92 Å². The first-order valence-corrected chi connectivity index (χ1v) is 14.4. The third-order valence-corrected chi connectivity index (χ3v) is 10.0. The molecule has 6 rings (SSSR count). The van der Waals surface area contributed by atoms with Crippen molar-refractivity contribution in [2.45, 2.75) is 75.3 Å². The molecule has 1 saturated carbocycles. The number of alkyl halides is 2. The van der Waals surface area contributed by atoms with E-state index >= 15 is 0 Å². The number of piperidine rings is 1. The number of pyridine rings is 1. The van der Waals surface area contributed by atoms with Gasteiger partial charge in [-0.05, 0) is 55.2 Å². The number of aromatic amines is 1. The van der Waals surface area contributed by atoms with Crippen LogP contribution in [0.3, 0.4) is 0 Å². The molecule has 0 radical (unpaired) electrons. The number of carbonyl (C=O) groups excluding carboxylic acids is 1. The van der Waals surface area contributed by atoms with Crippen LogP contribution in [0.5, 0.6) is 0 Å². The summed E-state index contributed by atoms with van der Waals surface area (Å²) in [6.45, 7) is 5.97. The summed E-state index contributed by atoms with van der Waals surface area (Å²) >= 11 is 0. The van der Waals surface area contributed by atoms with Crippen LogP contribution in [0.15, 0.2) is 36.4 Å². The van der Waals surface area contributed by atoms with Gasteiger partial charge in [0.25, 0.3) is 0 Å². The summed E-state index contributed by atoms with van der Waals surface area (Å²) in [5, 5.41) is 4.58. The van der Waals surface area contributed by atoms with Gasteiger partial charge in [0.2, 0.25) is 17.5 Å². The summed E-state index contributed by atoms with van der Waals surface area (Å²) in [5.41, 5.74) is 4.02. The van der Waals surface area contributed by atoms with Gasteiger partial charge in [-0.1, -0.05) is 18.2 Å². The summed E-state index contributed by atoms with van der Waals surface area (Å²) in [6, 6.07) is 11.1. The second-order valence-electron chi connectivity index (χ2n) is 12.2. The Morgan fingerprint density at radius 2 is 1.82 bits per heavy atom. The number of hydrogen-bond donors (Lipinski definition) is 2. The number of amides is 1. The average Bonchev–Trinajstić information content (AvgIpc) is 3.32. The van der Waals surface area contributed by atoms with Crippen LogP contribution in [0.2, 0.25) is 0 Å². The predicted molar refractivity (Wildman–Crippen MR) is 136 cm³/mol. The molecule has 1 amide bonds. The van der Waals surface area contributed by atoms with Gasteiger partial charge in [-0.15, -0.1) is 0 Å². The van der Waals surface area contributed by atoms with Crippen molar-refractivity contribution in [3.63, 3.8) is 0 Å². The molecule has 4 aliphatic rings. The van der Waals surface area contributed by atoms with Gasteiger partial charge >= 0.3 is 0 Å². The van der Waals surface area contributed by atoms with Crippen LogP contribution in [0.25, 0.3) is 0 Å². The van der Waals surface area contributed by atoms with Crippen molar-refractivity contribution < 1.29 is 33.6 Å². The van der Waals surface area contributed by atoms with Crippen LogP contribution in [0.4, 0.5) is 13.2 Å². The van der Waals surface area contributed by atoms with Crippen molar-refractivity contribution in [2.24, 2.45) is 11.8 Å².